The molecule has 3 atom stereocenters. The lowest BCUT2D eigenvalue weighted by atomic mass is 9.78. The van der Waals surface area contributed by atoms with Gasteiger partial charge in [0.05, 0.1) is 15.8 Å². The van der Waals surface area contributed by atoms with Crippen molar-refractivity contribution < 1.29 is 39.0 Å². The fourth-order valence-electron chi connectivity index (χ4n) is 6.54. The van der Waals surface area contributed by atoms with E-state index < -0.39 is 70.1 Å². The lowest BCUT2D eigenvalue weighted by Crippen LogP contribution is -2.72. The van der Waals surface area contributed by atoms with E-state index >= 15 is 17.6 Å². The number of alkyl halides is 4. The number of sulfone groups is 1. The SMILES string of the molecule is CS(=O)(=O)c1ccc(C(F)(F)C(F)(F)C2(S(=O)(=O)[O-])CC3CCC2([S+](c2ccccc2)c2ccccc2)C3)cc1. The van der Waals surface area contributed by atoms with E-state index in [9.17, 15) is 21.4 Å². The van der Waals surface area contributed by atoms with Crippen LogP contribution in [0, 0.1) is 5.92 Å². The molecule has 0 heterocycles. The van der Waals surface area contributed by atoms with Gasteiger partial charge in [-0.25, -0.2) is 16.8 Å². The van der Waals surface area contributed by atoms with Crippen LogP contribution in [0.5, 0.6) is 0 Å². The van der Waals surface area contributed by atoms with E-state index in [0.717, 1.165) is 18.4 Å². The quantitative estimate of drug-likeness (QED) is 0.182. The van der Waals surface area contributed by atoms with Crippen molar-refractivity contribution in [2.45, 2.75) is 61.7 Å². The maximum Gasteiger partial charge on any atom is 0.337 e. The number of halogens is 4. The van der Waals surface area contributed by atoms with Crippen molar-refractivity contribution in [3.05, 3.63) is 90.5 Å². The Morgan fingerprint density at radius 3 is 1.73 bits per heavy atom. The second-order valence-electron chi connectivity index (χ2n) is 10.5. The molecule has 3 aromatic carbocycles. The third-order valence-corrected chi connectivity index (χ3v) is 14.1. The van der Waals surface area contributed by atoms with Crippen molar-refractivity contribution in [1.29, 1.82) is 0 Å². The van der Waals surface area contributed by atoms with E-state index in [1.54, 1.807) is 60.7 Å². The maximum atomic E-state index is 16.7. The van der Waals surface area contributed by atoms with Gasteiger partial charge in [0.25, 0.3) is 0 Å². The number of fused-ring (bicyclic) bond motifs is 2. The predicted octanol–water partition coefficient (Wildman–Crippen LogP) is 5.78. The minimum Gasteiger partial charge on any atom is -0.747 e. The molecule has 2 aliphatic carbocycles. The third kappa shape index (κ3) is 4.13. The Labute approximate surface area is 233 Å². The molecule has 5 rings (SSSR count). The monoisotopic (exact) mass is 614 g/mol. The third-order valence-electron chi connectivity index (χ3n) is 8.21. The minimum absolute atomic E-state index is 0.125. The molecule has 0 radical (unpaired) electrons. The number of rotatable bonds is 8. The van der Waals surface area contributed by atoms with E-state index in [2.05, 4.69) is 0 Å². The zero-order valence-corrected chi connectivity index (χ0v) is 23.7. The van der Waals surface area contributed by atoms with Crippen molar-refractivity contribution >= 4 is 30.9 Å². The summed E-state index contributed by atoms with van der Waals surface area (Å²) in [6.07, 6.45) is -0.0110. The first-order valence-electron chi connectivity index (χ1n) is 12.4. The summed E-state index contributed by atoms with van der Waals surface area (Å²) in [6.45, 7) is 0. The summed E-state index contributed by atoms with van der Waals surface area (Å²) >= 11 is 0. The van der Waals surface area contributed by atoms with Crippen LogP contribution in [0.2, 0.25) is 0 Å². The summed E-state index contributed by atoms with van der Waals surface area (Å²) in [4.78, 5) is 0.578. The van der Waals surface area contributed by atoms with E-state index in [1.165, 1.54) is 0 Å². The summed E-state index contributed by atoms with van der Waals surface area (Å²) in [5.41, 5.74) is -1.27. The largest absolute Gasteiger partial charge is 0.747 e. The van der Waals surface area contributed by atoms with Gasteiger partial charge < -0.3 is 4.55 Å². The molecule has 0 aliphatic heterocycles. The zero-order valence-electron chi connectivity index (χ0n) is 21.3. The van der Waals surface area contributed by atoms with Crippen LogP contribution in [0.15, 0.2) is 99.6 Å². The summed E-state index contributed by atoms with van der Waals surface area (Å²) in [7, 11) is -11.4. The minimum atomic E-state index is -6.06. The van der Waals surface area contributed by atoms with Gasteiger partial charge in [-0.15, -0.1) is 0 Å². The average Bonchev–Trinajstić information content (AvgIpc) is 3.47. The maximum absolute atomic E-state index is 16.7. The van der Waals surface area contributed by atoms with Crippen LogP contribution < -0.4 is 0 Å². The highest BCUT2D eigenvalue weighted by Crippen LogP contribution is 2.70. The van der Waals surface area contributed by atoms with Gasteiger partial charge in [-0.05, 0) is 55.2 Å². The Bertz CT molecular complexity index is 1580. The molecule has 3 unspecified atom stereocenters. The van der Waals surface area contributed by atoms with Gasteiger partial charge in [-0.3, -0.25) is 0 Å². The van der Waals surface area contributed by atoms with Crippen LogP contribution in [-0.4, -0.2) is 43.1 Å². The topological polar surface area (TPSA) is 91.3 Å². The molecule has 40 heavy (non-hydrogen) atoms. The highest BCUT2D eigenvalue weighted by atomic mass is 32.2. The number of hydrogen-bond acceptors (Lipinski definition) is 5. The summed E-state index contributed by atoms with van der Waals surface area (Å²) in [5, 5.41) is 0. The molecule has 0 aromatic heterocycles. The molecule has 2 saturated carbocycles. The normalized spacial score (nSPS) is 25.4. The Kier molecular flexibility index (Phi) is 6.96. The van der Waals surface area contributed by atoms with Gasteiger partial charge in [0.2, 0.25) is 0 Å². The molecule has 0 N–H and O–H groups in total. The van der Waals surface area contributed by atoms with E-state index in [-0.39, 0.29) is 17.7 Å². The van der Waals surface area contributed by atoms with Crippen LogP contribution in [0.25, 0.3) is 0 Å². The molecular weight excluding hydrogens is 588 g/mol. The Balaban J connectivity index is 1.77. The van der Waals surface area contributed by atoms with E-state index in [1.807, 2.05) is 0 Å². The Morgan fingerprint density at radius 2 is 1.30 bits per heavy atom. The van der Waals surface area contributed by atoms with Crippen LogP contribution in [-0.2, 0) is 36.8 Å². The molecule has 214 valence electrons. The molecule has 12 heteroatoms. The summed E-state index contributed by atoms with van der Waals surface area (Å²) in [6, 6.07) is 19.2. The van der Waals surface area contributed by atoms with Gasteiger partial charge in [-0.1, -0.05) is 48.5 Å². The molecule has 2 fully saturated rings. The predicted molar refractivity (Wildman–Crippen MR) is 142 cm³/mol. The van der Waals surface area contributed by atoms with Gasteiger partial charge >= 0.3 is 11.8 Å². The lowest BCUT2D eigenvalue weighted by Gasteiger charge is -2.51. The molecular formula is C28H26F4O5S3. The molecule has 0 spiro atoms. The summed E-state index contributed by atoms with van der Waals surface area (Å²) in [5.74, 6) is -11.1. The molecule has 2 bridgehead atoms. The molecule has 3 aromatic rings. The first kappa shape index (κ1) is 29.1. The van der Waals surface area contributed by atoms with Crippen LogP contribution in [0.1, 0.15) is 31.2 Å². The molecule has 0 saturated heterocycles. The van der Waals surface area contributed by atoms with Gasteiger partial charge in [0, 0.05) is 24.7 Å². The Morgan fingerprint density at radius 1 is 0.800 bits per heavy atom. The van der Waals surface area contributed by atoms with Crippen molar-refractivity contribution in [1.82, 2.24) is 0 Å². The van der Waals surface area contributed by atoms with Gasteiger partial charge in [-0.2, -0.15) is 17.6 Å². The van der Waals surface area contributed by atoms with Gasteiger partial charge in [0.15, 0.2) is 29.1 Å². The van der Waals surface area contributed by atoms with E-state index in [4.69, 9.17) is 0 Å². The second-order valence-corrected chi connectivity index (χ2v) is 16.4. The first-order chi connectivity index (χ1) is 18.6. The van der Waals surface area contributed by atoms with Crippen LogP contribution >= 0.6 is 0 Å². The fraction of sp³-hybridized carbons (Fsp3) is 0.357. The van der Waals surface area contributed by atoms with Gasteiger partial charge in [0.1, 0.15) is 10.1 Å². The smallest absolute Gasteiger partial charge is 0.337 e. The highest BCUT2D eigenvalue weighted by molar-refractivity contribution is 7.99. The van der Waals surface area contributed by atoms with Crippen LogP contribution in [0.3, 0.4) is 0 Å². The fourth-order valence-corrected chi connectivity index (χ4v) is 12.5. The van der Waals surface area contributed by atoms with Crippen molar-refractivity contribution in [2.24, 2.45) is 5.92 Å². The highest BCUT2D eigenvalue weighted by Gasteiger charge is 2.87. The number of benzene rings is 3. The first-order valence-corrected chi connectivity index (χ1v) is 17.0. The average molecular weight is 615 g/mol. The van der Waals surface area contributed by atoms with Crippen molar-refractivity contribution in [3.8, 4) is 0 Å². The zero-order chi connectivity index (χ0) is 29.2. The molecule has 5 nitrogen and oxygen atoms in total. The summed E-state index contributed by atoms with van der Waals surface area (Å²) < 4.78 is 123. The number of hydrogen-bond donors (Lipinski definition) is 0. The Hall–Kier alpha value is -2.41. The lowest BCUT2D eigenvalue weighted by molar-refractivity contribution is -0.240. The molecule has 2 aliphatic rings. The van der Waals surface area contributed by atoms with Crippen molar-refractivity contribution in [3.63, 3.8) is 0 Å². The van der Waals surface area contributed by atoms with E-state index in [0.29, 0.717) is 28.3 Å². The standard InChI is InChI=1S/C28H26F4O5S3/c1-39(33,34)24-14-12-21(13-15-24)27(29,30)28(31,32)26(40(35,36)37)19-20-16-17-25(26,18-20)38(22-8-4-2-5-9-22)23-10-6-3-7-11-23/h2-15,20H,16-19H2,1H3. The molecule has 0 amide bonds. The van der Waals surface area contributed by atoms with Crippen molar-refractivity contribution in [2.75, 3.05) is 6.26 Å². The second kappa shape index (κ2) is 9.57. The van der Waals surface area contributed by atoms with Crippen LogP contribution in [0.4, 0.5) is 17.6 Å².